The zero-order valence-corrected chi connectivity index (χ0v) is 14.0. The van der Waals surface area contributed by atoms with E-state index in [1.807, 2.05) is 11.3 Å². The number of pyridine rings is 1. The van der Waals surface area contributed by atoms with Crippen molar-refractivity contribution in [1.82, 2.24) is 10.3 Å². The minimum absolute atomic E-state index is 0.0434. The van der Waals surface area contributed by atoms with E-state index in [0.717, 1.165) is 43.5 Å². The summed E-state index contributed by atoms with van der Waals surface area (Å²) in [4.78, 5) is 28.8. The summed E-state index contributed by atoms with van der Waals surface area (Å²) in [5, 5.41) is 3.55. The minimum Gasteiger partial charge on any atom is -0.365 e. The van der Waals surface area contributed by atoms with Crippen LogP contribution in [0.3, 0.4) is 0 Å². The van der Waals surface area contributed by atoms with Crippen molar-refractivity contribution in [1.29, 1.82) is 0 Å². The van der Waals surface area contributed by atoms with Gasteiger partial charge in [-0.15, -0.1) is 11.3 Å². The Morgan fingerprint density at radius 3 is 2.91 bits per heavy atom. The van der Waals surface area contributed by atoms with Gasteiger partial charge in [0.25, 0.3) is 11.5 Å². The number of carbonyl (C=O) groups excluding carboxylic acids is 1. The van der Waals surface area contributed by atoms with E-state index in [-0.39, 0.29) is 17.2 Å². The number of hydrogen-bond donors (Lipinski definition) is 3. The van der Waals surface area contributed by atoms with E-state index in [2.05, 4.69) is 29.4 Å². The first kappa shape index (κ1) is 16.0. The minimum atomic E-state index is -0.677. The molecule has 1 aliphatic rings. The summed E-state index contributed by atoms with van der Waals surface area (Å²) in [5.41, 5.74) is 6.87. The Hall–Kier alpha value is -1.92. The van der Waals surface area contributed by atoms with Crippen LogP contribution in [-0.2, 0) is 19.4 Å². The fourth-order valence-corrected chi connectivity index (χ4v) is 3.98. The van der Waals surface area contributed by atoms with E-state index < -0.39 is 5.91 Å². The molecule has 0 spiro atoms. The molecule has 0 aliphatic heterocycles. The van der Waals surface area contributed by atoms with Crippen molar-refractivity contribution in [3.8, 4) is 0 Å². The van der Waals surface area contributed by atoms with Crippen molar-refractivity contribution in [3.63, 3.8) is 0 Å². The van der Waals surface area contributed by atoms with Gasteiger partial charge in [0.15, 0.2) is 0 Å². The third-order valence-corrected chi connectivity index (χ3v) is 5.54. The van der Waals surface area contributed by atoms with Gasteiger partial charge in [-0.05, 0) is 49.4 Å². The van der Waals surface area contributed by atoms with Crippen LogP contribution in [0.1, 0.15) is 57.2 Å². The van der Waals surface area contributed by atoms with Crippen LogP contribution in [-0.4, -0.2) is 10.9 Å². The van der Waals surface area contributed by atoms with E-state index in [1.54, 1.807) is 6.07 Å². The number of aromatic amines is 1. The molecule has 0 saturated carbocycles. The predicted molar refractivity (Wildman–Crippen MR) is 91.8 cm³/mol. The van der Waals surface area contributed by atoms with Crippen molar-refractivity contribution in [2.45, 2.75) is 45.2 Å². The number of amides is 1. The van der Waals surface area contributed by atoms with Crippen LogP contribution < -0.4 is 16.6 Å². The van der Waals surface area contributed by atoms with Gasteiger partial charge in [0.2, 0.25) is 0 Å². The van der Waals surface area contributed by atoms with Crippen molar-refractivity contribution in [2.24, 2.45) is 5.73 Å². The topological polar surface area (TPSA) is 88.0 Å². The number of fused-ring (bicyclic) bond motifs is 1. The molecule has 2 heterocycles. The standard InChI is InChI=1S/C17H21N3O2S/c1-2-10-6-7-11(23-10)9-19-14-4-3-5-15-12(14)8-13(16(18)21)17(22)20-15/h6-8,14,19H,2-5,9H2,1H3,(H2,18,21)(H,20,22)/t14-/m0/s1. The second-order valence-electron chi connectivity index (χ2n) is 5.86. The van der Waals surface area contributed by atoms with Crippen molar-refractivity contribution >= 4 is 17.2 Å². The third-order valence-electron chi connectivity index (χ3n) is 4.31. The molecule has 1 atom stereocenters. The summed E-state index contributed by atoms with van der Waals surface area (Å²) in [6, 6.07) is 6.13. The molecule has 6 heteroatoms. The molecule has 3 rings (SSSR count). The number of primary amides is 1. The molecule has 2 aromatic rings. The van der Waals surface area contributed by atoms with E-state index in [1.165, 1.54) is 9.75 Å². The van der Waals surface area contributed by atoms with Gasteiger partial charge in [-0.2, -0.15) is 0 Å². The highest BCUT2D eigenvalue weighted by molar-refractivity contribution is 7.11. The van der Waals surface area contributed by atoms with Crippen LogP contribution in [0, 0.1) is 0 Å². The third kappa shape index (κ3) is 3.38. The maximum Gasteiger partial charge on any atom is 0.261 e. The van der Waals surface area contributed by atoms with Crippen LogP contribution in [0.5, 0.6) is 0 Å². The summed E-state index contributed by atoms with van der Waals surface area (Å²) in [6.07, 6.45) is 3.89. The smallest absolute Gasteiger partial charge is 0.261 e. The van der Waals surface area contributed by atoms with Crippen molar-refractivity contribution in [3.05, 3.63) is 55.1 Å². The number of rotatable bonds is 5. The summed E-state index contributed by atoms with van der Waals surface area (Å²) in [7, 11) is 0. The molecule has 0 aromatic carbocycles. The molecular formula is C17H21N3O2S. The van der Waals surface area contributed by atoms with Gasteiger partial charge in [0.1, 0.15) is 5.56 Å². The summed E-state index contributed by atoms with van der Waals surface area (Å²) in [6.45, 7) is 2.95. The second-order valence-corrected chi connectivity index (χ2v) is 7.11. The Balaban J connectivity index is 1.81. The molecule has 23 heavy (non-hydrogen) atoms. The van der Waals surface area contributed by atoms with Gasteiger partial charge in [0, 0.05) is 28.0 Å². The number of H-pyrrole nitrogens is 1. The number of nitrogens with two attached hydrogens (primary N) is 1. The highest BCUT2D eigenvalue weighted by atomic mass is 32.1. The summed E-state index contributed by atoms with van der Waals surface area (Å²) < 4.78 is 0. The zero-order valence-electron chi connectivity index (χ0n) is 13.1. The molecule has 4 N–H and O–H groups in total. The lowest BCUT2D eigenvalue weighted by Crippen LogP contribution is -2.31. The number of aromatic nitrogens is 1. The molecule has 0 saturated heterocycles. The quantitative estimate of drug-likeness (QED) is 0.785. The lowest BCUT2D eigenvalue weighted by Gasteiger charge is -2.26. The Labute approximate surface area is 138 Å². The monoisotopic (exact) mass is 331 g/mol. The normalized spacial score (nSPS) is 17.0. The van der Waals surface area contributed by atoms with Crippen molar-refractivity contribution in [2.75, 3.05) is 0 Å². The molecule has 122 valence electrons. The van der Waals surface area contributed by atoms with Crippen molar-refractivity contribution < 1.29 is 4.79 Å². The van der Waals surface area contributed by atoms with E-state index in [9.17, 15) is 9.59 Å². The van der Waals surface area contributed by atoms with Gasteiger partial charge in [-0.3, -0.25) is 9.59 Å². The Morgan fingerprint density at radius 2 is 2.22 bits per heavy atom. The van der Waals surface area contributed by atoms with Gasteiger partial charge < -0.3 is 16.0 Å². The van der Waals surface area contributed by atoms with Gasteiger partial charge in [0.05, 0.1) is 0 Å². The number of aryl methyl sites for hydroxylation is 2. The highest BCUT2D eigenvalue weighted by Gasteiger charge is 2.23. The maximum absolute atomic E-state index is 11.9. The Kier molecular flexibility index (Phi) is 4.63. The van der Waals surface area contributed by atoms with Gasteiger partial charge >= 0.3 is 0 Å². The van der Waals surface area contributed by atoms with Gasteiger partial charge in [-0.25, -0.2) is 0 Å². The number of thiophene rings is 1. The molecule has 0 radical (unpaired) electrons. The average molecular weight is 331 g/mol. The summed E-state index contributed by atoms with van der Waals surface area (Å²) in [5.74, 6) is -0.677. The molecular weight excluding hydrogens is 310 g/mol. The Bertz CT molecular complexity index is 778. The molecule has 1 amide bonds. The van der Waals surface area contributed by atoms with Crippen LogP contribution in [0.15, 0.2) is 23.0 Å². The van der Waals surface area contributed by atoms with Crippen LogP contribution in [0.25, 0.3) is 0 Å². The first-order valence-electron chi connectivity index (χ1n) is 7.95. The predicted octanol–water partition coefficient (Wildman–Crippen LogP) is 2.26. The maximum atomic E-state index is 11.9. The van der Waals surface area contributed by atoms with E-state index in [4.69, 9.17) is 5.73 Å². The zero-order chi connectivity index (χ0) is 16.4. The molecule has 1 aliphatic carbocycles. The fraction of sp³-hybridized carbons (Fsp3) is 0.412. The molecule has 0 unspecified atom stereocenters. The van der Waals surface area contributed by atoms with E-state index in [0.29, 0.717) is 0 Å². The molecule has 0 bridgehead atoms. The number of hydrogen-bond acceptors (Lipinski definition) is 4. The average Bonchev–Trinajstić information content (AvgIpc) is 2.99. The molecule has 2 aromatic heterocycles. The van der Waals surface area contributed by atoms with Gasteiger partial charge in [-0.1, -0.05) is 6.92 Å². The second kappa shape index (κ2) is 6.68. The SMILES string of the molecule is CCc1ccc(CN[C@H]2CCCc3[nH]c(=O)c(C(N)=O)cc32)s1. The largest absolute Gasteiger partial charge is 0.365 e. The van der Waals surface area contributed by atoms with Crippen LogP contribution in [0.2, 0.25) is 0 Å². The fourth-order valence-electron chi connectivity index (χ4n) is 3.07. The first-order chi connectivity index (χ1) is 11.1. The van der Waals surface area contributed by atoms with Crippen LogP contribution >= 0.6 is 11.3 Å². The summed E-state index contributed by atoms with van der Waals surface area (Å²) >= 11 is 1.82. The number of carbonyl (C=O) groups is 1. The molecule has 5 nitrogen and oxygen atoms in total. The lowest BCUT2D eigenvalue weighted by atomic mass is 9.90. The number of nitrogens with one attached hydrogen (secondary N) is 2. The molecule has 0 fully saturated rings. The van der Waals surface area contributed by atoms with E-state index >= 15 is 0 Å². The Morgan fingerprint density at radius 1 is 1.43 bits per heavy atom. The lowest BCUT2D eigenvalue weighted by molar-refractivity contribution is 0.0998. The highest BCUT2D eigenvalue weighted by Crippen LogP contribution is 2.29. The van der Waals surface area contributed by atoms with Crippen LogP contribution in [0.4, 0.5) is 0 Å². The first-order valence-corrected chi connectivity index (χ1v) is 8.77.